The van der Waals surface area contributed by atoms with Gasteiger partial charge in [-0.1, -0.05) is 0 Å². The summed E-state index contributed by atoms with van der Waals surface area (Å²) in [4.78, 5) is 51.2. The molecule has 0 bridgehead atoms. The number of nitrogens with zero attached hydrogens (tertiary/aromatic N) is 3. The van der Waals surface area contributed by atoms with Gasteiger partial charge in [-0.2, -0.15) is 0 Å². The molecule has 1 spiro atoms. The van der Waals surface area contributed by atoms with E-state index in [2.05, 4.69) is 20.5 Å². The first-order valence-electron chi connectivity index (χ1n) is 19.1. The summed E-state index contributed by atoms with van der Waals surface area (Å²) in [6.45, 7) is 13.7. The first kappa shape index (κ1) is 37.3. The van der Waals surface area contributed by atoms with Crippen molar-refractivity contribution in [1.29, 1.82) is 0 Å². The lowest BCUT2D eigenvalue weighted by Crippen LogP contribution is -2.59. The highest BCUT2D eigenvalue weighted by Crippen LogP contribution is 2.44. The molecule has 0 radical (unpaired) electrons. The van der Waals surface area contributed by atoms with Crippen LogP contribution < -0.4 is 20.4 Å². The third-order valence-corrected chi connectivity index (χ3v) is 12.5. The molecule has 0 unspecified atom stereocenters. The third-order valence-electron chi connectivity index (χ3n) is 11.3. The molecule has 2 N–H and O–H groups in total. The fraction of sp³-hybridized carbons (Fsp3) is 0.442. The summed E-state index contributed by atoms with van der Waals surface area (Å²) in [5, 5.41) is 6.23. The topological polar surface area (TPSA) is 113 Å². The Hall–Kier alpha value is -4.65. The van der Waals surface area contributed by atoms with Crippen LogP contribution in [0.5, 0.6) is 0 Å². The molecule has 4 aliphatic rings. The smallest absolute Gasteiger partial charge is 0.261 e. The van der Waals surface area contributed by atoms with E-state index in [4.69, 9.17) is 9.47 Å². The van der Waals surface area contributed by atoms with Crippen LogP contribution in [-0.2, 0) is 15.9 Å². The quantitative estimate of drug-likeness (QED) is 0.206. The molecule has 0 aliphatic carbocycles. The molecule has 6 heterocycles. The van der Waals surface area contributed by atoms with E-state index in [-0.39, 0.29) is 40.4 Å². The number of carbonyl (C=O) groups is 3. The number of hydrogen-bond donors (Lipinski definition) is 2. The number of pyridine rings is 1. The van der Waals surface area contributed by atoms with Crippen LogP contribution in [0, 0.1) is 18.2 Å². The Bertz CT molecular complexity index is 2130. The molecular weight excluding hydrogens is 718 g/mol. The number of anilines is 3. The van der Waals surface area contributed by atoms with Gasteiger partial charge in [0.15, 0.2) is 0 Å². The molecule has 0 saturated carbocycles. The summed E-state index contributed by atoms with van der Waals surface area (Å²) in [5.74, 6) is -0.474. The number of benzene rings is 2. The predicted octanol–water partition coefficient (Wildman–Crippen LogP) is 7.80. The highest BCUT2D eigenvalue weighted by Gasteiger charge is 2.45. The molecule has 10 nitrogen and oxygen atoms in total. The summed E-state index contributed by atoms with van der Waals surface area (Å²) < 4.78 is 26.6. The Morgan fingerprint density at radius 1 is 0.927 bits per heavy atom. The maximum Gasteiger partial charge on any atom is 0.261 e. The van der Waals surface area contributed by atoms with Gasteiger partial charge in [0.25, 0.3) is 17.7 Å². The van der Waals surface area contributed by atoms with E-state index in [9.17, 15) is 18.8 Å². The second-order valence-electron chi connectivity index (χ2n) is 16.9. The van der Waals surface area contributed by atoms with Gasteiger partial charge < -0.3 is 29.9 Å². The third kappa shape index (κ3) is 7.64. The van der Waals surface area contributed by atoms with E-state index in [1.165, 1.54) is 23.5 Å². The van der Waals surface area contributed by atoms with Crippen molar-refractivity contribution in [2.75, 3.05) is 48.0 Å². The van der Waals surface area contributed by atoms with Gasteiger partial charge in [-0.3, -0.25) is 14.4 Å². The number of fused-ring (bicyclic) bond motifs is 3. The molecule has 4 aliphatic heterocycles. The SMILES string of the molecule is Cc1cnc(N2CC3(CCOCC3)C2)c(C(=O)Nc2ccc(C(=O)N3CCc4cc(C(=O)NC5CC(C)(C)OC(C)(C)C5)sc4-c4ccc(F)cc43)cc2)c1. The summed E-state index contributed by atoms with van der Waals surface area (Å²) in [7, 11) is 0. The van der Waals surface area contributed by atoms with Crippen LogP contribution in [0.15, 0.2) is 60.8 Å². The Balaban J connectivity index is 0.972. The minimum Gasteiger partial charge on any atom is -0.381 e. The van der Waals surface area contributed by atoms with Gasteiger partial charge in [-0.15, -0.1) is 11.3 Å². The van der Waals surface area contributed by atoms with Crippen LogP contribution in [0.2, 0.25) is 0 Å². The van der Waals surface area contributed by atoms with Gasteiger partial charge in [0.1, 0.15) is 11.6 Å². The number of halogens is 1. The summed E-state index contributed by atoms with van der Waals surface area (Å²) >= 11 is 1.37. The number of carbonyl (C=O) groups excluding carboxylic acids is 3. The van der Waals surface area contributed by atoms with Gasteiger partial charge in [0.05, 0.1) is 27.3 Å². The van der Waals surface area contributed by atoms with Gasteiger partial charge in [-0.05, 0) is 132 Å². The maximum absolute atomic E-state index is 14.8. The van der Waals surface area contributed by atoms with Gasteiger partial charge in [-0.25, -0.2) is 9.37 Å². The first-order chi connectivity index (χ1) is 26.2. The van der Waals surface area contributed by atoms with Crippen LogP contribution in [0.25, 0.3) is 10.4 Å². The standard InChI is InChI=1S/C43H48FN5O5S/c1-26-18-33(37(45-23-26)48-24-43(25-48)13-16-53-17-14-43)38(50)46-30-9-6-27(7-10-30)40(52)49-15-12-28-19-35(55-36(28)32-11-8-29(44)20-34(32)49)39(51)47-31-21-41(2,3)54-42(4,5)22-31/h6-11,18-20,23,31H,12-17,21-22,24-25H2,1-5H3,(H,46,50)(H,47,51). The molecule has 2 aromatic carbocycles. The van der Waals surface area contributed by atoms with E-state index < -0.39 is 5.82 Å². The highest BCUT2D eigenvalue weighted by molar-refractivity contribution is 7.17. The van der Waals surface area contributed by atoms with Crippen LogP contribution in [0.4, 0.5) is 21.6 Å². The van der Waals surface area contributed by atoms with E-state index in [0.29, 0.717) is 64.6 Å². The molecule has 55 heavy (non-hydrogen) atoms. The molecular formula is C43H48FN5O5S. The zero-order chi connectivity index (χ0) is 38.7. The summed E-state index contributed by atoms with van der Waals surface area (Å²) in [5.41, 5.74) is 3.96. The molecule has 2 aromatic heterocycles. The number of nitrogens with one attached hydrogen (secondary N) is 2. The lowest BCUT2D eigenvalue weighted by molar-refractivity contribution is -0.162. The number of amides is 3. The Kier molecular flexibility index (Phi) is 9.58. The molecule has 288 valence electrons. The lowest BCUT2D eigenvalue weighted by atomic mass is 9.73. The Morgan fingerprint density at radius 2 is 1.64 bits per heavy atom. The average Bonchev–Trinajstić information content (AvgIpc) is 3.48. The molecule has 8 rings (SSSR count). The van der Waals surface area contributed by atoms with E-state index in [1.54, 1.807) is 41.4 Å². The largest absolute Gasteiger partial charge is 0.381 e. The second kappa shape index (κ2) is 14.1. The molecule has 0 atom stereocenters. The zero-order valence-electron chi connectivity index (χ0n) is 32.1. The normalized spacial score (nSPS) is 19.8. The molecule has 3 fully saturated rings. The maximum atomic E-state index is 14.8. The van der Waals surface area contributed by atoms with Crippen molar-refractivity contribution in [3.8, 4) is 10.4 Å². The number of thiophene rings is 1. The average molecular weight is 766 g/mol. The van der Waals surface area contributed by atoms with Crippen LogP contribution in [0.3, 0.4) is 0 Å². The summed E-state index contributed by atoms with van der Waals surface area (Å²) in [6.07, 6.45) is 5.73. The van der Waals surface area contributed by atoms with Crippen molar-refractivity contribution in [2.24, 2.45) is 5.41 Å². The molecule has 12 heteroatoms. The highest BCUT2D eigenvalue weighted by atomic mass is 32.1. The number of aromatic nitrogens is 1. The lowest BCUT2D eigenvalue weighted by Gasteiger charge is -2.53. The number of rotatable bonds is 6. The number of ether oxygens (including phenoxy) is 2. The van der Waals surface area contributed by atoms with E-state index >= 15 is 0 Å². The number of aryl methyl sites for hydroxylation is 1. The van der Waals surface area contributed by atoms with Gasteiger partial charge in [0.2, 0.25) is 0 Å². The molecule has 4 aromatic rings. The van der Waals surface area contributed by atoms with E-state index in [0.717, 1.165) is 55.1 Å². The van der Waals surface area contributed by atoms with Crippen molar-refractivity contribution in [1.82, 2.24) is 10.3 Å². The van der Waals surface area contributed by atoms with Crippen LogP contribution in [-0.4, -0.2) is 72.8 Å². The molecule has 3 saturated heterocycles. The Morgan fingerprint density at radius 3 is 2.35 bits per heavy atom. The van der Waals surface area contributed by atoms with Crippen LogP contribution in [0.1, 0.15) is 94.9 Å². The first-order valence-corrected chi connectivity index (χ1v) is 19.9. The van der Waals surface area contributed by atoms with Crippen molar-refractivity contribution in [3.63, 3.8) is 0 Å². The van der Waals surface area contributed by atoms with Crippen molar-refractivity contribution < 1.29 is 28.2 Å². The minimum atomic E-state index is -0.455. The monoisotopic (exact) mass is 765 g/mol. The van der Waals surface area contributed by atoms with Crippen LogP contribution >= 0.6 is 11.3 Å². The zero-order valence-corrected chi connectivity index (χ0v) is 32.9. The van der Waals surface area contributed by atoms with Crippen molar-refractivity contribution in [3.05, 3.63) is 93.7 Å². The van der Waals surface area contributed by atoms with Gasteiger partial charge >= 0.3 is 0 Å². The Labute approximate surface area is 325 Å². The summed E-state index contributed by atoms with van der Waals surface area (Å²) in [6, 6.07) is 15.0. The predicted molar refractivity (Wildman–Crippen MR) is 213 cm³/mol. The van der Waals surface area contributed by atoms with Gasteiger partial charge in [0, 0.05) is 72.2 Å². The second-order valence-corrected chi connectivity index (χ2v) is 18.0. The molecule has 3 amide bonds. The van der Waals surface area contributed by atoms with E-state index in [1.807, 2.05) is 46.8 Å². The van der Waals surface area contributed by atoms with Crippen molar-refractivity contribution >= 4 is 46.3 Å². The van der Waals surface area contributed by atoms with Crippen molar-refractivity contribution in [2.45, 2.75) is 84.0 Å². The fourth-order valence-electron chi connectivity index (χ4n) is 8.95. The fourth-order valence-corrected chi connectivity index (χ4v) is 10.1. The minimum absolute atomic E-state index is 0.0326. The number of hydrogen-bond acceptors (Lipinski definition) is 8.